The van der Waals surface area contributed by atoms with Gasteiger partial charge in [0.2, 0.25) is 0 Å². The SMILES string of the molecule is Oc1ccccc1.[C-]1=CC=CC1.[C-]1=CC=CC1.[Cl-].[Hf]. The molecule has 1 N–H and O–H groups in total. The number of allylic oxidation sites excluding steroid dienone is 8. The third-order valence-electron chi connectivity index (χ3n) is 1.93. The molecule has 1 aromatic rings. The van der Waals surface area contributed by atoms with Crippen LogP contribution in [0.1, 0.15) is 12.8 Å². The van der Waals surface area contributed by atoms with Crippen LogP contribution in [0.2, 0.25) is 0 Å². The summed E-state index contributed by atoms with van der Waals surface area (Å²) in [7, 11) is 0. The number of phenols is 1. The van der Waals surface area contributed by atoms with Crippen molar-refractivity contribution in [3.8, 4) is 5.75 Å². The first-order chi connectivity index (χ1) is 8.39. The molecule has 0 bridgehead atoms. The van der Waals surface area contributed by atoms with E-state index >= 15 is 0 Å². The van der Waals surface area contributed by atoms with Gasteiger partial charge < -0.3 is 17.5 Å². The molecule has 3 rings (SSSR count). The zero-order valence-corrected chi connectivity index (χ0v) is 14.9. The van der Waals surface area contributed by atoms with Gasteiger partial charge in [0.1, 0.15) is 5.75 Å². The first kappa shape index (κ1) is 20.5. The van der Waals surface area contributed by atoms with Crippen molar-refractivity contribution < 1.29 is 43.4 Å². The summed E-state index contributed by atoms with van der Waals surface area (Å²) in [5, 5.41) is 8.63. The fourth-order valence-electron chi connectivity index (χ4n) is 1.11. The van der Waals surface area contributed by atoms with E-state index in [-0.39, 0.29) is 38.3 Å². The predicted molar refractivity (Wildman–Crippen MR) is 71.2 cm³/mol. The second kappa shape index (κ2) is 15.2. The van der Waals surface area contributed by atoms with Crippen LogP contribution in [-0.2, 0) is 25.8 Å². The molecule has 0 heterocycles. The molecule has 0 unspecified atom stereocenters. The van der Waals surface area contributed by atoms with E-state index in [0.717, 1.165) is 12.8 Å². The van der Waals surface area contributed by atoms with E-state index in [0.29, 0.717) is 5.75 Å². The summed E-state index contributed by atoms with van der Waals surface area (Å²) >= 11 is 0. The minimum Gasteiger partial charge on any atom is -1.00 e. The van der Waals surface area contributed by atoms with Crippen molar-refractivity contribution >= 4 is 0 Å². The topological polar surface area (TPSA) is 20.2 Å². The zero-order chi connectivity index (χ0) is 12.2. The Morgan fingerprint density at radius 3 is 1.47 bits per heavy atom. The van der Waals surface area contributed by atoms with E-state index in [9.17, 15) is 0 Å². The largest absolute Gasteiger partial charge is 1.00 e. The Morgan fingerprint density at radius 1 is 0.842 bits per heavy atom. The van der Waals surface area contributed by atoms with Crippen LogP contribution < -0.4 is 12.4 Å². The van der Waals surface area contributed by atoms with Gasteiger partial charge in [0.05, 0.1) is 0 Å². The number of aromatic hydroxyl groups is 1. The Kier molecular flexibility index (Phi) is 16.4. The maximum absolute atomic E-state index is 8.63. The third kappa shape index (κ3) is 13.4. The summed E-state index contributed by atoms with van der Waals surface area (Å²) < 4.78 is 0. The Hall–Kier alpha value is -0.860. The molecule has 3 heteroatoms. The predicted octanol–water partition coefficient (Wildman–Crippen LogP) is 1.01. The standard InChI is InChI=1S/C6H6O.2C5H5.ClH.Hf/c7-6-4-2-1-3-5-6;2*1-2-4-5-3-1;;/h1-5,7H;2*1-3H,4H2;1H;/q;2*-1;;/p-1. The molecule has 0 atom stereocenters. The molecular weight excluding hydrogens is 422 g/mol. The maximum atomic E-state index is 8.63. The second-order valence-corrected chi connectivity index (χ2v) is 3.34. The van der Waals surface area contributed by atoms with Crippen molar-refractivity contribution in [1.29, 1.82) is 0 Å². The summed E-state index contributed by atoms with van der Waals surface area (Å²) in [6, 6.07) is 8.71. The molecule has 0 aromatic heterocycles. The quantitative estimate of drug-likeness (QED) is 0.474. The third-order valence-corrected chi connectivity index (χ3v) is 1.93. The molecule has 2 aliphatic carbocycles. The summed E-state index contributed by atoms with van der Waals surface area (Å²) in [5.41, 5.74) is 0. The Labute approximate surface area is 140 Å². The average molecular weight is 438 g/mol. The van der Waals surface area contributed by atoms with Crippen LogP contribution in [-0.4, -0.2) is 5.11 Å². The second-order valence-electron chi connectivity index (χ2n) is 3.34. The van der Waals surface area contributed by atoms with Gasteiger partial charge in [-0.3, -0.25) is 12.2 Å². The molecule has 0 spiro atoms. The number of hydrogen-bond acceptors (Lipinski definition) is 1. The summed E-state index contributed by atoms with van der Waals surface area (Å²) in [6.45, 7) is 0. The molecule has 0 aliphatic heterocycles. The van der Waals surface area contributed by atoms with Crippen LogP contribution in [0, 0.1) is 12.2 Å². The van der Waals surface area contributed by atoms with Gasteiger partial charge in [0.25, 0.3) is 0 Å². The minimum absolute atomic E-state index is 0. The number of halogens is 1. The van der Waals surface area contributed by atoms with Crippen molar-refractivity contribution in [2.24, 2.45) is 0 Å². The minimum atomic E-state index is 0. The van der Waals surface area contributed by atoms with E-state index in [2.05, 4.69) is 24.3 Å². The van der Waals surface area contributed by atoms with Crippen LogP contribution in [0.5, 0.6) is 5.75 Å². The number of hydrogen-bond donors (Lipinski definition) is 1. The van der Waals surface area contributed by atoms with E-state index in [1.54, 1.807) is 24.3 Å². The molecular formula is C16H16ClHfO-3. The van der Waals surface area contributed by atoms with Gasteiger partial charge in [-0.2, -0.15) is 12.2 Å². The number of phenolic OH excluding ortho intramolecular Hbond substituents is 1. The maximum Gasteiger partial charge on any atom is 0.115 e. The number of benzene rings is 1. The monoisotopic (exact) mass is 439 g/mol. The van der Waals surface area contributed by atoms with Crippen LogP contribution in [0.4, 0.5) is 0 Å². The van der Waals surface area contributed by atoms with Crippen molar-refractivity contribution in [3.63, 3.8) is 0 Å². The van der Waals surface area contributed by atoms with Crippen LogP contribution in [0.15, 0.2) is 66.8 Å². The normalized spacial score (nSPS) is 12.4. The fourth-order valence-corrected chi connectivity index (χ4v) is 1.11. The Morgan fingerprint density at radius 2 is 1.32 bits per heavy atom. The van der Waals surface area contributed by atoms with Gasteiger partial charge in [-0.1, -0.05) is 18.2 Å². The molecule has 0 saturated heterocycles. The van der Waals surface area contributed by atoms with E-state index in [1.165, 1.54) is 0 Å². The van der Waals surface area contributed by atoms with E-state index < -0.39 is 0 Å². The van der Waals surface area contributed by atoms with E-state index in [1.807, 2.05) is 30.4 Å². The van der Waals surface area contributed by atoms with Gasteiger partial charge in [-0.05, 0) is 12.1 Å². The summed E-state index contributed by atoms with van der Waals surface area (Å²) in [4.78, 5) is 0. The van der Waals surface area contributed by atoms with Gasteiger partial charge in [0.15, 0.2) is 0 Å². The summed E-state index contributed by atoms with van der Waals surface area (Å²) in [6.07, 6.45) is 20.0. The van der Waals surface area contributed by atoms with E-state index in [4.69, 9.17) is 5.11 Å². The Balaban J connectivity index is 0. The van der Waals surface area contributed by atoms with Crippen LogP contribution in [0.3, 0.4) is 0 Å². The fraction of sp³-hybridized carbons (Fsp3) is 0.125. The van der Waals surface area contributed by atoms with Crippen molar-refractivity contribution in [1.82, 2.24) is 0 Å². The average Bonchev–Trinajstić information content (AvgIpc) is 3.09. The molecule has 100 valence electrons. The summed E-state index contributed by atoms with van der Waals surface area (Å²) in [5.74, 6) is 0.322. The molecule has 19 heavy (non-hydrogen) atoms. The van der Waals surface area contributed by atoms with Crippen molar-refractivity contribution in [3.05, 3.63) is 78.9 Å². The first-order valence-corrected chi connectivity index (χ1v) is 5.57. The van der Waals surface area contributed by atoms with Gasteiger partial charge >= 0.3 is 0 Å². The molecule has 2 aliphatic rings. The molecule has 0 amide bonds. The van der Waals surface area contributed by atoms with Gasteiger partial charge in [-0.15, -0.1) is 12.8 Å². The van der Waals surface area contributed by atoms with Crippen molar-refractivity contribution in [2.45, 2.75) is 12.8 Å². The molecule has 1 aromatic carbocycles. The van der Waals surface area contributed by atoms with Crippen LogP contribution >= 0.6 is 0 Å². The molecule has 1 nitrogen and oxygen atoms in total. The zero-order valence-electron chi connectivity index (χ0n) is 10.6. The van der Waals surface area contributed by atoms with Gasteiger partial charge in [-0.25, -0.2) is 24.3 Å². The smallest absolute Gasteiger partial charge is 0.115 e. The molecule has 0 fully saturated rings. The number of rotatable bonds is 0. The molecule has 0 saturated carbocycles. The van der Waals surface area contributed by atoms with Crippen LogP contribution in [0.25, 0.3) is 0 Å². The first-order valence-electron chi connectivity index (χ1n) is 5.57. The number of para-hydroxylation sites is 1. The Bertz CT molecular complexity index is 366. The van der Waals surface area contributed by atoms with Crippen molar-refractivity contribution in [2.75, 3.05) is 0 Å². The van der Waals surface area contributed by atoms with Gasteiger partial charge in [0, 0.05) is 25.8 Å². The molecule has 0 radical (unpaired) electrons.